The van der Waals surface area contributed by atoms with Gasteiger partial charge in [0.05, 0.1) is 25.3 Å². The average molecular weight is 280 g/mol. The van der Waals surface area contributed by atoms with Crippen molar-refractivity contribution < 1.29 is 9.53 Å². The molecule has 0 radical (unpaired) electrons. The van der Waals surface area contributed by atoms with E-state index >= 15 is 0 Å². The lowest BCUT2D eigenvalue weighted by molar-refractivity contribution is -0.125. The molecule has 0 aliphatic carbocycles. The number of aromatic nitrogens is 2. The highest BCUT2D eigenvalue weighted by Gasteiger charge is 2.33. The SMILES string of the molecule is CCCNC1COCC1C(=O)NCc1cnn(C)c1C. The second-order valence-electron chi connectivity index (χ2n) is 5.30. The van der Waals surface area contributed by atoms with Crippen molar-refractivity contribution in [3.05, 3.63) is 17.5 Å². The highest BCUT2D eigenvalue weighted by Crippen LogP contribution is 2.14. The van der Waals surface area contributed by atoms with E-state index in [4.69, 9.17) is 4.74 Å². The van der Waals surface area contributed by atoms with E-state index in [1.165, 1.54) is 0 Å². The Morgan fingerprint density at radius 2 is 2.35 bits per heavy atom. The van der Waals surface area contributed by atoms with Crippen molar-refractivity contribution in [3.63, 3.8) is 0 Å². The Balaban J connectivity index is 1.86. The molecule has 2 unspecified atom stereocenters. The van der Waals surface area contributed by atoms with Crippen molar-refractivity contribution in [3.8, 4) is 0 Å². The first-order valence-corrected chi connectivity index (χ1v) is 7.19. The summed E-state index contributed by atoms with van der Waals surface area (Å²) in [6, 6.07) is 0.130. The lowest BCUT2D eigenvalue weighted by atomic mass is 10.0. The van der Waals surface area contributed by atoms with Gasteiger partial charge in [0.25, 0.3) is 0 Å². The van der Waals surface area contributed by atoms with E-state index in [9.17, 15) is 4.79 Å². The van der Waals surface area contributed by atoms with Gasteiger partial charge in [-0.15, -0.1) is 0 Å². The molecule has 2 rings (SSSR count). The van der Waals surface area contributed by atoms with Gasteiger partial charge in [-0.05, 0) is 19.9 Å². The fraction of sp³-hybridized carbons (Fsp3) is 0.714. The van der Waals surface area contributed by atoms with Crippen LogP contribution in [0.1, 0.15) is 24.6 Å². The predicted octanol–water partition coefficient (Wildman–Crippen LogP) is 0.359. The third-order valence-corrected chi connectivity index (χ3v) is 3.86. The van der Waals surface area contributed by atoms with Gasteiger partial charge in [0.15, 0.2) is 0 Å². The minimum absolute atomic E-state index is 0.0550. The van der Waals surface area contributed by atoms with Crippen LogP contribution in [0.5, 0.6) is 0 Å². The number of hydrogen-bond donors (Lipinski definition) is 2. The fourth-order valence-electron chi connectivity index (χ4n) is 2.37. The van der Waals surface area contributed by atoms with Gasteiger partial charge in [-0.2, -0.15) is 5.10 Å². The quantitative estimate of drug-likeness (QED) is 0.789. The Bertz CT molecular complexity index is 458. The van der Waals surface area contributed by atoms with Crippen LogP contribution >= 0.6 is 0 Å². The van der Waals surface area contributed by atoms with Crippen LogP contribution in [0.15, 0.2) is 6.20 Å². The standard InChI is InChI=1S/C14H24N4O2/c1-4-5-15-13-9-20-8-12(13)14(19)16-6-11-7-17-18(3)10(11)2/h7,12-13,15H,4-6,8-9H2,1-3H3,(H,16,19). The lowest BCUT2D eigenvalue weighted by Gasteiger charge is -2.18. The lowest BCUT2D eigenvalue weighted by Crippen LogP contribution is -2.44. The zero-order chi connectivity index (χ0) is 14.5. The normalized spacial score (nSPS) is 22.1. The van der Waals surface area contributed by atoms with Gasteiger partial charge < -0.3 is 15.4 Å². The van der Waals surface area contributed by atoms with Gasteiger partial charge in [-0.3, -0.25) is 9.48 Å². The molecule has 2 atom stereocenters. The number of hydrogen-bond acceptors (Lipinski definition) is 4. The van der Waals surface area contributed by atoms with Crippen molar-refractivity contribution in [1.29, 1.82) is 0 Å². The van der Waals surface area contributed by atoms with Crippen LogP contribution in [0.2, 0.25) is 0 Å². The molecule has 0 saturated carbocycles. The molecule has 0 bridgehead atoms. The van der Waals surface area contributed by atoms with Crippen LogP contribution in [-0.4, -0.2) is 41.5 Å². The van der Waals surface area contributed by atoms with Gasteiger partial charge >= 0.3 is 0 Å². The highest BCUT2D eigenvalue weighted by atomic mass is 16.5. The third-order valence-electron chi connectivity index (χ3n) is 3.86. The maximum atomic E-state index is 12.3. The molecule has 2 N–H and O–H groups in total. The first-order valence-electron chi connectivity index (χ1n) is 7.19. The van der Waals surface area contributed by atoms with Gasteiger partial charge in [0, 0.05) is 30.9 Å². The van der Waals surface area contributed by atoms with Gasteiger partial charge in [0.1, 0.15) is 0 Å². The van der Waals surface area contributed by atoms with Crippen molar-refractivity contribution in [2.45, 2.75) is 32.9 Å². The van der Waals surface area contributed by atoms with Gasteiger partial charge in [-0.25, -0.2) is 0 Å². The van der Waals surface area contributed by atoms with Crippen LogP contribution in [0.4, 0.5) is 0 Å². The van der Waals surface area contributed by atoms with Crippen LogP contribution < -0.4 is 10.6 Å². The zero-order valence-corrected chi connectivity index (χ0v) is 12.5. The largest absolute Gasteiger partial charge is 0.379 e. The molecule has 0 spiro atoms. The highest BCUT2D eigenvalue weighted by molar-refractivity contribution is 5.79. The van der Waals surface area contributed by atoms with E-state index in [1.54, 1.807) is 6.20 Å². The topological polar surface area (TPSA) is 68.2 Å². The summed E-state index contributed by atoms with van der Waals surface area (Å²) in [4.78, 5) is 12.3. The number of aryl methyl sites for hydroxylation is 1. The van der Waals surface area contributed by atoms with Gasteiger partial charge in [0.2, 0.25) is 5.91 Å². The van der Waals surface area contributed by atoms with E-state index in [-0.39, 0.29) is 17.9 Å². The van der Waals surface area contributed by atoms with Crippen LogP contribution in [0.3, 0.4) is 0 Å². The van der Waals surface area contributed by atoms with E-state index < -0.39 is 0 Å². The molecule has 1 fully saturated rings. The van der Waals surface area contributed by atoms with Crippen molar-refractivity contribution >= 4 is 5.91 Å². The molecule has 20 heavy (non-hydrogen) atoms. The van der Waals surface area contributed by atoms with Crippen LogP contribution in [0.25, 0.3) is 0 Å². The molecule has 6 heteroatoms. The Kier molecular flexibility index (Phi) is 5.14. The van der Waals surface area contributed by atoms with Gasteiger partial charge in [-0.1, -0.05) is 6.92 Å². The van der Waals surface area contributed by atoms with Crippen LogP contribution in [-0.2, 0) is 23.1 Å². The summed E-state index contributed by atoms with van der Waals surface area (Å²) < 4.78 is 7.24. The molecule has 1 amide bonds. The number of carbonyl (C=O) groups excluding carboxylic acids is 1. The summed E-state index contributed by atoms with van der Waals surface area (Å²) in [6.45, 7) is 6.67. The zero-order valence-electron chi connectivity index (χ0n) is 12.5. The summed E-state index contributed by atoms with van der Waals surface area (Å²) in [5.41, 5.74) is 2.13. The number of amides is 1. The monoisotopic (exact) mass is 280 g/mol. The van der Waals surface area contributed by atoms with Crippen molar-refractivity contribution in [2.24, 2.45) is 13.0 Å². The van der Waals surface area contributed by atoms with Crippen molar-refractivity contribution in [1.82, 2.24) is 20.4 Å². The smallest absolute Gasteiger partial charge is 0.227 e. The molecule has 0 aromatic carbocycles. The van der Waals surface area contributed by atoms with Crippen LogP contribution in [0, 0.1) is 12.8 Å². The number of nitrogens with one attached hydrogen (secondary N) is 2. The number of rotatable bonds is 6. The van der Waals surface area contributed by atoms with E-state index in [0.717, 1.165) is 24.2 Å². The maximum absolute atomic E-state index is 12.3. The summed E-state index contributed by atoms with van der Waals surface area (Å²) in [5, 5.41) is 10.5. The molecule has 112 valence electrons. The van der Waals surface area contributed by atoms with Crippen molar-refractivity contribution in [2.75, 3.05) is 19.8 Å². The molecule has 2 heterocycles. The maximum Gasteiger partial charge on any atom is 0.227 e. The molecular weight excluding hydrogens is 256 g/mol. The Hall–Kier alpha value is -1.40. The molecule has 6 nitrogen and oxygen atoms in total. The minimum atomic E-state index is -0.0986. The average Bonchev–Trinajstić information content (AvgIpc) is 3.03. The first kappa shape index (κ1) is 15.0. The Morgan fingerprint density at radius 3 is 3.00 bits per heavy atom. The number of ether oxygens (including phenoxy) is 1. The molecule has 1 aromatic rings. The summed E-state index contributed by atoms with van der Waals surface area (Å²) in [6.07, 6.45) is 2.85. The minimum Gasteiger partial charge on any atom is -0.379 e. The van der Waals surface area contributed by atoms with E-state index in [2.05, 4.69) is 22.7 Å². The second-order valence-corrected chi connectivity index (χ2v) is 5.30. The number of carbonyl (C=O) groups is 1. The first-order chi connectivity index (χ1) is 9.63. The summed E-state index contributed by atoms with van der Waals surface area (Å²) in [7, 11) is 1.90. The summed E-state index contributed by atoms with van der Waals surface area (Å²) >= 11 is 0. The molecule has 1 aliphatic rings. The number of nitrogens with zero attached hydrogens (tertiary/aromatic N) is 2. The molecule has 1 aromatic heterocycles. The predicted molar refractivity (Wildman–Crippen MR) is 76.2 cm³/mol. The van der Waals surface area contributed by atoms with E-state index in [0.29, 0.717) is 19.8 Å². The Labute approximate surface area is 119 Å². The second kappa shape index (κ2) is 6.85. The van der Waals surface area contributed by atoms with E-state index in [1.807, 2.05) is 18.7 Å². The fourth-order valence-corrected chi connectivity index (χ4v) is 2.37. The molecular formula is C14H24N4O2. The molecule has 1 saturated heterocycles. The third kappa shape index (κ3) is 3.37. The Morgan fingerprint density at radius 1 is 1.55 bits per heavy atom. The molecule has 1 aliphatic heterocycles. The summed E-state index contributed by atoms with van der Waals surface area (Å²) in [5.74, 6) is -0.0436.